The van der Waals surface area contributed by atoms with Crippen LogP contribution in [0.2, 0.25) is 0 Å². The number of nitrogens with zero attached hydrogens (tertiary/aromatic N) is 1. The Hall–Kier alpha value is -0.0500. The quantitative estimate of drug-likeness (QED) is 0.731. The van der Waals surface area contributed by atoms with Crippen LogP contribution in [0.5, 0.6) is 0 Å². The summed E-state index contributed by atoms with van der Waals surface area (Å²) in [6.07, 6.45) is 8.91. The molecule has 3 rings (SSSR count). The third kappa shape index (κ3) is 2.61. The van der Waals surface area contributed by atoms with Crippen molar-refractivity contribution >= 4 is 21.8 Å². The van der Waals surface area contributed by atoms with Gasteiger partial charge >= 0.3 is 0 Å². The summed E-state index contributed by atoms with van der Waals surface area (Å²) >= 11 is 3.56. The molecule has 0 aromatic rings. The van der Waals surface area contributed by atoms with Crippen LogP contribution in [-0.4, -0.2) is 29.2 Å². The van der Waals surface area contributed by atoms with E-state index in [0.717, 1.165) is 42.6 Å². The second kappa shape index (κ2) is 5.52. The second-order valence-electron chi connectivity index (χ2n) is 6.64. The Labute approximate surface area is 119 Å². The van der Waals surface area contributed by atoms with Gasteiger partial charge in [-0.1, -0.05) is 22.4 Å². The first-order valence-electron chi connectivity index (χ1n) is 7.60. The van der Waals surface area contributed by atoms with Gasteiger partial charge in [-0.25, -0.2) is 0 Å². The second-order valence-corrected chi connectivity index (χ2v) is 7.29. The largest absolute Gasteiger partial charge is 0.342 e. The Morgan fingerprint density at radius 3 is 2.78 bits per heavy atom. The standard InChI is InChI=1S/C15H24BrNO/c16-9-12-2-1-5-17(10-12)15(18)8-14-7-11-3-4-13(14)6-11/h11-14H,1-10H2. The highest BCUT2D eigenvalue weighted by Gasteiger charge is 2.40. The molecule has 18 heavy (non-hydrogen) atoms. The normalized spacial score (nSPS) is 39.3. The van der Waals surface area contributed by atoms with Gasteiger partial charge in [0.15, 0.2) is 0 Å². The number of carbonyl (C=O) groups excluding carboxylic acids is 1. The molecule has 2 nitrogen and oxygen atoms in total. The number of amides is 1. The van der Waals surface area contributed by atoms with Crippen LogP contribution in [0.3, 0.4) is 0 Å². The number of likely N-dealkylation sites (tertiary alicyclic amines) is 1. The average Bonchev–Trinajstić information content (AvgIpc) is 3.01. The number of fused-ring (bicyclic) bond motifs is 2. The van der Waals surface area contributed by atoms with Gasteiger partial charge in [0.1, 0.15) is 0 Å². The van der Waals surface area contributed by atoms with Gasteiger partial charge in [0, 0.05) is 24.8 Å². The molecular weight excluding hydrogens is 290 g/mol. The summed E-state index contributed by atoms with van der Waals surface area (Å²) < 4.78 is 0. The molecule has 102 valence electrons. The molecule has 0 spiro atoms. The Kier molecular flexibility index (Phi) is 3.97. The predicted molar refractivity (Wildman–Crippen MR) is 76.7 cm³/mol. The van der Waals surface area contributed by atoms with Gasteiger partial charge in [-0.3, -0.25) is 4.79 Å². The highest BCUT2D eigenvalue weighted by atomic mass is 79.9. The van der Waals surface area contributed by atoms with Crippen molar-refractivity contribution in [3.8, 4) is 0 Å². The van der Waals surface area contributed by atoms with Crippen molar-refractivity contribution in [2.45, 2.75) is 44.9 Å². The minimum Gasteiger partial charge on any atom is -0.342 e. The molecule has 1 saturated heterocycles. The number of piperidine rings is 1. The van der Waals surface area contributed by atoms with E-state index in [1.807, 2.05) is 0 Å². The van der Waals surface area contributed by atoms with E-state index in [-0.39, 0.29) is 0 Å². The molecule has 0 aromatic carbocycles. The lowest BCUT2D eigenvalue weighted by molar-refractivity contribution is -0.134. The molecule has 0 aromatic heterocycles. The van der Waals surface area contributed by atoms with E-state index in [4.69, 9.17) is 0 Å². The summed E-state index contributed by atoms with van der Waals surface area (Å²) in [6, 6.07) is 0. The minimum absolute atomic E-state index is 0.443. The molecule has 2 bridgehead atoms. The molecular formula is C15H24BrNO. The first kappa shape index (κ1) is 13.0. The molecule has 4 atom stereocenters. The third-order valence-electron chi connectivity index (χ3n) is 5.41. The molecule has 0 N–H and O–H groups in total. The molecule has 3 aliphatic rings. The monoisotopic (exact) mass is 313 g/mol. The number of hydrogen-bond acceptors (Lipinski definition) is 1. The van der Waals surface area contributed by atoms with Gasteiger partial charge in [-0.2, -0.15) is 0 Å². The van der Waals surface area contributed by atoms with E-state index in [2.05, 4.69) is 20.8 Å². The lowest BCUT2D eigenvalue weighted by Crippen LogP contribution is -2.41. The molecule has 4 unspecified atom stereocenters. The fourth-order valence-electron chi connectivity index (χ4n) is 4.40. The molecule has 1 heterocycles. The van der Waals surface area contributed by atoms with E-state index >= 15 is 0 Å². The summed E-state index contributed by atoms with van der Waals surface area (Å²) in [5.74, 6) is 3.70. The number of carbonyl (C=O) groups is 1. The van der Waals surface area contributed by atoms with E-state index in [0.29, 0.717) is 11.8 Å². The van der Waals surface area contributed by atoms with Crippen molar-refractivity contribution in [3.63, 3.8) is 0 Å². The van der Waals surface area contributed by atoms with Gasteiger partial charge in [0.05, 0.1) is 0 Å². The predicted octanol–water partition coefficient (Wildman–Crippen LogP) is 3.45. The topological polar surface area (TPSA) is 20.3 Å². The summed E-state index contributed by atoms with van der Waals surface area (Å²) in [5, 5.41) is 1.05. The maximum absolute atomic E-state index is 12.4. The van der Waals surface area contributed by atoms with Gasteiger partial charge in [-0.15, -0.1) is 0 Å². The molecule has 0 radical (unpaired) electrons. The molecule has 2 saturated carbocycles. The van der Waals surface area contributed by atoms with Crippen LogP contribution >= 0.6 is 15.9 Å². The lowest BCUT2D eigenvalue weighted by atomic mass is 9.86. The summed E-state index contributed by atoms with van der Waals surface area (Å²) in [5.41, 5.74) is 0. The van der Waals surface area contributed by atoms with E-state index in [9.17, 15) is 4.79 Å². The van der Waals surface area contributed by atoms with Gasteiger partial charge in [0.25, 0.3) is 0 Å². The highest BCUT2D eigenvalue weighted by Crippen LogP contribution is 2.49. The Morgan fingerprint density at radius 1 is 1.22 bits per heavy atom. The van der Waals surface area contributed by atoms with Crippen LogP contribution in [0.25, 0.3) is 0 Å². The number of alkyl halides is 1. The highest BCUT2D eigenvalue weighted by molar-refractivity contribution is 9.09. The molecule has 1 aliphatic heterocycles. The first-order chi connectivity index (χ1) is 8.76. The van der Waals surface area contributed by atoms with E-state index in [1.165, 1.54) is 38.5 Å². The molecule has 3 fully saturated rings. The number of hydrogen-bond donors (Lipinski definition) is 0. The van der Waals surface area contributed by atoms with Crippen molar-refractivity contribution in [2.75, 3.05) is 18.4 Å². The Morgan fingerprint density at radius 2 is 2.11 bits per heavy atom. The zero-order chi connectivity index (χ0) is 12.5. The van der Waals surface area contributed by atoms with Gasteiger partial charge < -0.3 is 4.90 Å². The summed E-state index contributed by atoms with van der Waals surface area (Å²) in [7, 11) is 0. The maximum atomic E-state index is 12.4. The van der Waals surface area contributed by atoms with Crippen molar-refractivity contribution in [1.29, 1.82) is 0 Å². The van der Waals surface area contributed by atoms with E-state index in [1.54, 1.807) is 0 Å². The summed E-state index contributed by atoms with van der Waals surface area (Å²) in [4.78, 5) is 14.5. The van der Waals surface area contributed by atoms with E-state index < -0.39 is 0 Å². The molecule has 1 amide bonds. The SMILES string of the molecule is O=C(CC1CC2CCC1C2)N1CCCC(CBr)C1. The van der Waals surface area contributed by atoms with Gasteiger partial charge in [-0.05, 0) is 55.8 Å². The number of halogens is 1. The zero-order valence-electron chi connectivity index (χ0n) is 11.1. The van der Waals surface area contributed by atoms with Crippen LogP contribution in [0.4, 0.5) is 0 Å². The lowest BCUT2D eigenvalue weighted by Gasteiger charge is -2.33. The van der Waals surface area contributed by atoms with Crippen LogP contribution in [0.1, 0.15) is 44.9 Å². The van der Waals surface area contributed by atoms with Crippen LogP contribution in [-0.2, 0) is 4.79 Å². The zero-order valence-corrected chi connectivity index (χ0v) is 12.7. The van der Waals surface area contributed by atoms with Crippen molar-refractivity contribution in [2.24, 2.45) is 23.7 Å². The summed E-state index contributed by atoms with van der Waals surface area (Å²) in [6.45, 7) is 1.99. The maximum Gasteiger partial charge on any atom is 0.222 e. The third-order valence-corrected chi connectivity index (χ3v) is 6.33. The number of rotatable bonds is 3. The van der Waals surface area contributed by atoms with Crippen molar-refractivity contribution < 1.29 is 4.79 Å². The van der Waals surface area contributed by atoms with Crippen molar-refractivity contribution in [1.82, 2.24) is 4.90 Å². The molecule has 2 aliphatic carbocycles. The first-order valence-corrected chi connectivity index (χ1v) is 8.72. The van der Waals surface area contributed by atoms with Gasteiger partial charge in [0.2, 0.25) is 5.91 Å². The van der Waals surface area contributed by atoms with Crippen LogP contribution in [0.15, 0.2) is 0 Å². The average molecular weight is 314 g/mol. The smallest absolute Gasteiger partial charge is 0.222 e. The Balaban J connectivity index is 1.52. The Bertz CT molecular complexity index is 320. The van der Waals surface area contributed by atoms with Crippen LogP contribution < -0.4 is 0 Å². The fourth-order valence-corrected chi connectivity index (χ4v) is 4.93. The van der Waals surface area contributed by atoms with Crippen molar-refractivity contribution in [3.05, 3.63) is 0 Å². The fraction of sp³-hybridized carbons (Fsp3) is 0.933. The molecule has 3 heteroatoms. The minimum atomic E-state index is 0.443. The van der Waals surface area contributed by atoms with Crippen LogP contribution in [0, 0.1) is 23.7 Å².